The van der Waals surface area contributed by atoms with E-state index in [1.54, 1.807) is 0 Å². The number of hydrogen-bond acceptors (Lipinski definition) is 0. The second-order valence-electron chi connectivity index (χ2n) is 6.20. The number of rotatable bonds is 0. The fraction of sp³-hybridized carbons (Fsp3) is 0.158. The van der Waals surface area contributed by atoms with Gasteiger partial charge in [-0.05, 0) is 50.6 Å². The molecule has 0 amide bonds. The maximum absolute atomic E-state index is 3.55. The molecule has 0 spiro atoms. The molecule has 0 unspecified atom stereocenters. The second kappa shape index (κ2) is 3.95. The van der Waals surface area contributed by atoms with E-state index in [1.165, 1.54) is 32.4 Å². The van der Waals surface area contributed by atoms with Gasteiger partial charge in [-0.1, -0.05) is 66.2 Å². The normalized spacial score (nSPS) is 18.6. The topological polar surface area (TPSA) is 0 Å². The Hall–Kier alpha value is -1.60. The minimum Gasteiger partial charge on any atom is -0.0744 e. The first kappa shape index (κ1) is 12.2. The van der Waals surface area contributed by atoms with Crippen molar-refractivity contribution in [3.05, 3.63) is 69.0 Å². The molecule has 2 aliphatic rings. The smallest absolute Gasteiger partial charge is 0.0181 e. The molecule has 0 nitrogen and oxygen atoms in total. The Morgan fingerprint density at radius 1 is 1.05 bits per heavy atom. The maximum Gasteiger partial charge on any atom is 0.0181 e. The summed E-state index contributed by atoms with van der Waals surface area (Å²) in [6, 6.07) is 11.0. The van der Waals surface area contributed by atoms with Crippen molar-refractivity contribution in [1.82, 2.24) is 0 Å². The quantitative estimate of drug-likeness (QED) is 0.686. The lowest BCUT2D eigenvalue weighted by atomic mass is 9.84. The molecule has 0 bridgehead atoms. The van der Waals surface area contributed by atoms with E-state index in [0.717, 1.165) is 4.47 Å². The molecule has 0 radical (unpaired) electrons. The molecule has 0 saturated heterocycles. The third-order valence-electron chi connectivity index (χ3n) is 4.13. The highest BCUT2D eigenvalue weighted by molar-refractivity contribution is 9.10. The van der Waals surface area contributed by atoms with E-state index >= 15 is 0 Å². The van der Waals surface area contributed by atoms with Crippen molar-refractivity contribution in [2.45, 2.75) is 13.8 Å². The van der Waals surface area contributed by atoms with Crippen LogP contribution in [0.4, 0.5) is 0 Å². The van der Waals surface area contributed by atoms with Crippen molar-refractivity contribution in [2.24, 2.45) is 5.41 Å². The molecule has 1 heteroatoms. The summed E-state index contributed by atoms with van der Waals surface area (Å²) < 4.78 is 1.13. The number of hydrogen-bond donors (Lipinski definition) is 0. The highest BCUT2D eigenvalue weighted by atomic mass is 79.9. The fourth-order valence-corrected chi connectivity index (χ4v) is 3.54. The van der Waals surface area contributed by atoms with Crippen LogP contribution in [0.3, 0.4) is 0 Å². The number of fused-ring (bicyclic) bond motifs is 4. The fourth-order valence-electron chi connectivity index (χ4n) is 3.16. The summed E-state index contributed by atoms with van der Waals surface area (Å²) in [4.78, 5) is 0. The van der Waals surface area contributed by atoms with Crippen molar-refractivity contribution in [2.75, 3.05) is 0 Å². The van der Waals surface area contributed by atoms with E-state index in [4.69, 9.17) is 0 Å². The van der Waals surface area contributed by atoms with Gasteiger partial charge in [0.1, 0.15) is 0 Å². The summed E-state index contributed by atoms with van der Waals surface area (Å²) in [6.45, 7) is 4.50. The first-order chi connectivity index (χ1) is 9.53. The van der Waals surface area contributed by atoms with Crippen LogP contribution in [0, 0.1) is 5.41 Å². The van der Waals surface area contributed by atoms with Gasteiger partial charge in [-0.3, -0.25) is 0 Å². The molecule has 2 aliphatic carbocycles. The van der Waals surface area contributed by atoms with Gasteiger partial charge in [-0.15, -0.1) is 0 Å². The maximum atomic E-state index is 3.55. The van der Waals surface area contributed by atoms with Gasteiger partial charge in [0.2, 0.25) is 0 Å². The third kappa shape index (κ3) is 1.73. The number of benzene rings is 2. The predicted octanol–water partition coefficient (Wildman–Crippen LogP) is 4.07. The lowest BCUT2D eigenvalue weighted by Gasteiger charge is -2.21. The zero-order valence-corrected chi connectivity index (χ0v) is 13.2. The summed E-state index contributed by atoms with van der Waals surface area (Å²) in [5, 5.41) is 5.34. The molecule has 0 aromatic heterocycles. The van der Waals surface area contributed by atoms with Gasteiger partial charge in [0.15, 0.2) is 0 Å². The molecule has 0 aliphatic heterocycles. The Bertz CT molecular complexity index is 924. The van der Waals surface area contributed by atoms with Crippen molar-refractivity contribution in [3.63, 3.8) is 0 Å². The Balaban J connectivity index is 2.14. The number of allylic oxidation sites excluding steroid dienone is 4. The molecule has 0 atom stereocenters. The molecule has 4 rings (SSSR count). The lowest BCUT2D eigenvalue weighted by molar-refractivity contribution is 0.621. The zero-order valence-electron chi connectivity index (χ0n) is 11.6. The van der Waals surface area contributed by atoms with Gasteiger partial charge >= 0.3 is 0 Å². The van der Waals surface area contributed by atoms with Crippen molar-refractivity contribution in [3.8, 4) is 0 Å². The molecule has 98 valence electrons. The Kier molecular flexibility index (Phi) is 2.41. The minimum absolute atomic E-state index is 0.149. The van der Waals surface area contributed by atoms with Crippen molar-refractivity contribution < 1.29 is 0 Å². The monoisotopic (exact) mass is 322 g/mol. The van der Waals surface area contributed by atoms with Crippen LogP contribution in [0.25, 0.3) is 22.4 Å². The lowest BCUT2D eigenvalue weighted by Crippen LogP contribution is -2.23. The summed E-state index contributed by atoms with van der Waals surface area (Å²) in [6.07, 6.45) is 9.28. The summed E-state index contributed by atoms with van der Waals surface area (Å²) in [5.74, 6) is 0. The van der Waals surface area contributed by atoms with Crippen LogP contribution in [-0.4, -0.2) is 0 Å². The average Bonchev–Trinajstić information content (AvgIpc) is 2.74. The van der Waals surface area contributed by atoms with E-state index in [2.05, 4.69) is 84.4 Å². The third-order valence-corrected chi connectivity index (χ3v) is 4.62. The number of halogens is 1. The Morgan fingerprint density at radius 3 is 2.75 bits per heavy atom. The van der Waals surface area contributed by atoms with Crippen molar-refractivity contribution >= 4 is 38.4 Å². The van der Waals surface area contributed by atoms with Crippen LogP contribution in [0.1, 0.15) is 13.8 Å². The molecule has 0 fully saturated rings. The molecular weight excluding hydrogens is 308 g/mol. The summed E-state index contributed by atoms with van der Waals surface area (Å²) in [5.41, 5.74) is 2.88. The van der Waals surface area contributed by atoms with E-state index in [-0.39, 0.29) is 5.41 Å². The van der Waals surface area contributed by atoms with E-state index in [1.807, 2.05) is 0 Å². The van der Waals surface area contributed by atoms with Gasteiger partial charge in [0.25, 0.3) is 0 Å². The van der Waals surface area contributed by atoms with Gasteiger partial charge in [0, 0.05) is 9.89 Å². The van der Waals surface area contributed by atoms with E-state index in [9.17, 15) is 0 Å². The average molecular weight is 323 g/mol. The van der Waals surface area contributed by atoms with Crippen LogP contribution in [-0.2, 0) is 0 Å². The van der Waals surface area contributed by atoms with Crippen LogP contribution in [0.2, 0.25) is 0 Å². The van der Waals surface area contributed by atoms with Gasteiger partial charge < -0.3 is 0 Å². The van der Waals surface area contributed by atoms with Gasteiger partial charge in [0.05, 0.1) is 0 Å². The highest BCUT2D eigenvalue weighted by Crippen LogP contribution is 2.32. The van der Waals surface area contributed by atoms with Gasteiger partial charge in [-0.2, -0.15) is 0 Å². The first-order valence-electron chi connectivity index (χ1n) is 6.90. The molecule has 0 N–H and O–H groups in total. The largest absolute Gasteiger partial charge is 0.0744 e. The standard InChI is InChI=1S/C19H15Br/c1-19(2)8-7-16-13(11-19)10-18-15-6-4-14(20)9-12(15)3-5-17(16)18/h3-11H,1-2H3. The SMILES string of the molecule is CC1(C)C=CC2=c3ccc4cc(Br)ccc4c3=CC2=C1. The van der Waals surface area contributed by atoms with Crippen LogP contribution in [0.15, 0.2) is 58.6 Å². The molecular formula is C19H15Br. The molecule has 2 aromatic rings. The van der Waals surface area contributed by atoms with E-state index in [0.29, 0.717) is 0 Å². The molecule has 20 heavy (non-hydrogen) atoms. The Morgan fingerprint density at radius 2 is 1.90 bits per heavy atom. The van der Waals surface area contributed by atoms with Crippen LogP contribution >= 0.6 is 15.9 Å². The summed E-state index contributed by atoms with van der Waals surface area (Å²) >= 11 is 3.55. The predicted molar refractivity (Wildman–Crippen MR) is 89.8 cm³/mol. The first-order valence-corrected chi connectivity index (χ1v) is 7.70. The van der Waals surface area contributed by atoms with Crippen molar-refractivity contribution in [1.29, 1.82) is 0 Å². The second-order valence-corrected chi connectivity index (χ2v) is 7.12. The zero-order chi connectivity index (χ0) is 13.9. The molecule has 2 aromatic carbocycles. The van der Waals surface area contributed by atoms with Crippen LogP contribution < -0.4 is 10.4 Å². The highest BCUT2D eigenvalue weighted by Gasteiger charge is 2.20. The minimum atomic E-state index is 0.149. The van der Waals surface area contributed by atoms with Gasteiger partial charge in [-0.25, -0.2) is 0 Å². The van der Waals surface area contributed by atoms with Crippen LogP contribution in [0.5, 0.6) is 0 Å². The Labute approximate surface area is 126 Å². The molecule has 0 saturated carbocycles. The van der Waals surface area contributed by atoms with E-state index < -0.39 is 0 Å². The molecule has 0 heterocycles. The summed E-state index contributed by atoms with van der Waals surface area (Å²) in [7, 11) is 0.